The van der Waals surface area contributed by atoms with Crippen LogP contribution in [0, 0.1) is 6.92 Å². The second kappa shape index (κ2) is 17.9. The van der Waals surface area contributed by atoms with Gasteiger partial charge in [-0.1, -0.05) is 24.3 Å². The summed E-state index contributed by atoms with van der Waals surface area (Å²) in [6.45, 7) is 1.67. The zero-order chi connectivity index (χ0) is 29.1. The van der Waals surface area contributed by atoms with Crippen LogP contribution in [0.1, 0.15) is 52.7 Å². The molecule has 45 heavy (non-hydrogen) atoms. The smallest absolute Gasteiger partial charge is 2.00 e. The summed E-state index contributed by atoms with van der Waals surface area (Å²) >= 11 is 0. The molecule has 5 rings (SSSR count). The molecular formula is C31H33Ca2N3O8S. The number of sulfonamides is 1. The van der Waals surface area contributed by atoms with Crippen LogP contribution < -0.4 is 14.8 Å². The topological polar surface area (TPSA) is 173 Å². The van der Waals surface area contributed by atoms with Gasteiger partial charge in [-0.25, -0.2) is 17.9 Å². The molecule has 4 aromatic rings. The molecule has 2 amide bonds. The Balaban J connectivity index is 0.00000253. The van der Waals surface area contributed by atoms with E-state index in [9.17, 15) is 18.0 Å². The SMILES string of the molecule is COc1cc(C(=O)NS(=O)(=O)c2ccccc2C)ccc1Cc1cn(C)c2ccc(NC(=O)OC3CCCC3)cc12.[Ca+2].[Ca+2].[O-2].[O-2]. The third kappa shape index (κ3) is 9.82. The van der Waals surface area contributed by atoms with Crippen LogP contribution in [0.15, 0.2) is 71.8 Å². The van der Waals surface area contributed by atoms with Gasteiger partial charge in [0.15, 0.2) is 0 Å². The largest absolute Gasteiger partial charge is 2.00 e. The molecule has 1 saturated carbocycles. The van der Waals surface area contributed by atoms with Crippen molar-refractivity contribution in [3.05, 3.63) is 89.1 Å². The van der Waals surface area contributed by atoms with Gasteiger partial charge in [0.2, 0.25) is 0 Å². The molecule has 14 heteroatoms. The monoisotopic (exact) mass is 687 g/mol. The van der Waals surface area contributed by atoms with Crippen molar-refractivity contribution in [2.45, 2.75) is 50.0 Å². The normalized spacial score (nSPS) is 12.5. The van der Waals surface area contributed by atoms with Gasteiger partial charge in [0, 0.05) is 41.8 Å². The van der Waals surface area contributed by atoms with Crippen molar-refractivity contribution in [3.63, 3.8) is 0 Å². The third-order valence-corrected chi connectivity index (χ3v) is 8.93. The number of hydrogen-bond donors (Lipinski definition) is 2. The molecular weight excluding hydrogens is 655 g/mol. The maximum absolute atomic E-state index is 12.9. The quantitative estimate of drug-likeness (QED) is 0.254. The minimum Gasteiger partial charge on any atom is -2.00 e. The van der Waals surface area contributed by atoms with Crippen LogP contribution in [0.4, 0.5) is 10.5 Å². The van der Waals surface area contributed by atoms with Crippen LogP contribution in [0.25, 0.3) is 10.9 Å². The number of nitrogens with zero attached hydrogens (tertiary/aromatic N) is 1. The summed E-state index contributed by atoms with van der Waals surface area (Å²) in [6.07, 6.45) is 6.00. The summed E-state index contributed by atoms with van der Waals surface area (Å²) in [5.74, 6) is -0.291. The number of fused-ring (bicyclic) bond motifs is 1. The third-order valence-electron chi connectivity index (χ3n) is 7.43. The van der Waals surface area contributed by atoms with Gasteiger partial charge in [-0.05, 0) is 85.7 Å². The zero-order valence-corrected chi connectivity index (χ0v) is 30.7. The summed E-state index contributed by atoms with van der Waals surface area (Å²) in [6, 6.07) is 17.1. The molecule has 1 heterocycles. The summed E-state index contributed by atoms with van der Waals surface area (Å²) in [4.78, 5) is 25.4. The Labute approximate surface area is 322 Å². The Hall–Kier alpha value is -1.87. The summed E-state index contributed by atoms with van der Waals surface area (Å²) in [5.41, 5.74) is 4.14. The van der Waals surface area contributed by atoms with Gasteiger partial charge in [-0.2, -0.15) is 0 Å². The van der Waals surface area contributed by atoms with Gasteiger partial charge in [-0.3, -0.25) is 10.1 Å². The van der Waals surface area contributed by atoms with Crippen molar-refractivity contribution in [1.82, 2.24) is 9.29 Å². The maximum Gasteiger partial charge on any atom is 2.00 e. The van der Waals surface area contributed by atoms with E-state index in [1.165, 1.54) is 19.2 Å². The van der Waals surface area contributed by atoms with E-state index in [1.807, 2.05) is 36.0 Å². The molecule has 0 aliphatic heterocycles. The van der Waals surface area contributed by atoms with Crippen molar-refractivity contribution < 1.29 is 38.4 Å². The summed E-state index contributed by atoms with van der Waals surface area (Å²) < 4.78 is 40.9. The number of benzene rings is 3. The first-order valence-corrected chi connectivity index (χ1v) is 15.0. The Morgan fingerprint density at radius 1 is 0.956 bits per heavy atom. The predicted octanol–water partition coefficient (Wildman–Crippen LogP) is 4.70. The van der Waals surface area contributed by atoms with E-state index in [4.69, 9.17) is 9.47 Å². The number of aromatic nitrogens is 1. The van der Waals surface area contributed by atoms with E-state index < -0.39 is 22.0 Å². The molecule has 0 saturated heterocycles. The number of nitrogens with one attached hydrogen (secondary N) is 2. The predicted molar refractivity (Wildman–Crippen MR) is 170 cm³/mol. The average molecular weight is 688 g/mol. The number of carbonyl (C=O) groups is 2. The first-order chi connectivity index (χ1) is 19.6. The van der Waals surface area contributed by atoms with Crippen LogP contribution in [0.3, 0.4) is 0 Å². The van der Waals surface area contributed by atoms with Crippen molar-refractivity contribution in [3.8, 4) is 5.75 Å². The fourth-order valence-electron chi connectivity index (χ4n) is 5.33. The minimum atomic E-state index is -4.04. The van der Waals surface area contributed by atoms with E-state index in [2.05, 4.69) is 10.0 Å². The first-order valence-electron chi connectivity index (χ1n) is 13.5. The Kier molecular flexibility index (Phi) is 16.4. The standard InChI is InChI=1S/C31H33N3O6S.2Ca.2O/c1-20-8-4-7-11-29(20)41(37,38)33-30(35)22-13-12-21(28(17-22)39-3)16-23-19-34(2)27-15-14-24(18-26(23)27)32-31(36)40-25-9-5-6-10-25;;;;/h4,7-8,11-15,17-19,25H,5-6,9-10,16H2,1-3H3,(H,32,36)(H,33,35);;;;/q;2*+2;2*-2. The molecule has 1 fully saturated rings. The molecule has 0 atom stereocenters. The van der Waals surface area contributed by atoms with Gasteiger partial charge < -0.3 is 25.0 Å². The van der Waals surface area contributed by atoms with Gasteiger partial charge in [0.1, 0.15) is 11.9 Å². The molecule has 0 radical (unpaired) electrons. The Morgan fingerprint density at radius 2 is 1.64 bits per heavy atom. The van der Waals surface area contributed by atoms with Gasteiger partial charge in [0.05, 0.1) is 12.0 Å². The van der Waals surface area contributed by atoms with Crippen LogP contribution in [-0.4, -0.2) is 114 Å². The number of methoxy groups -OCH3 is 1. The zero-order valence-electron chi connectivity index (χ0n) is 25.5. The van der Waals surface area contributed by atoms with E-state index in [0.29, 0.717) is 23.4 Å². The van der Waals surface area contributed by atoms with Gasteiger partial charge in [0.25, 0.3) is 15.9 Å². The molecule has 0 unspecified atom stereocenters. The van der Waals surface area contributed by atoms with Crippen molar-refractivity contribution in [2.24, 2.45) is 7.05 Å². The molecule has 0 bridgehead atoms. The van der Waals surface area contributed by atoms with Crippen LogP contribution in [-0.2, 0) is 39.2 Å². The molecule has 1 aromatic heterocycles. The van der Waals surface area contributed by atoms with Crippen LogP contribution >= 0.6 is 0 Å². The van der Waals surface area contributed by atoms with Crippen LogP contribution in [0.2, 0.25) is 0 Å². The number of hydrogen-bond acceptors (Lipinski definition) is 6. The molecule has 11 nitrogen and oxygen atoms in total. The van der Waals surface area contributed by atoms with E-state index in [-0.39, 0.29) is 103 Å². The van der Waals surface area contributed by atoms with Crippen LogP contribution in [0.5, 0.6) is 5.75 Å². The summed E-state index contributed by atoms with van der Waals surface area (Å²) in [5, 5.41) is 3.81. The minimum absolute atomic E-state index is 0. The number of carbonyl (C=O) groups excluding carboxylic acids is 2. The Bertz CT molecular complexity index is 1740. The maximum atomic E-state index is 12.9. The number of ether oxygens (including phenoxy) is 2. The number of aryl methyl sites for hydroxylation is 2. The second-order valence-electron chi connectivity index (χ2n) is 10.3. The number of rotatable bonds is 8. The Morgan fingerprint density at radius 3 is 2.31 bits per heavy atom. The second-order valence-corrected chi connectivity index (χ2v) is 12.0. The molecule has 2 N–H and O–H groups in total. The fourth-order valence-corrected chi connectivity index (χ4v) is 6.55. The fraction of sp³-hybridized carbons (Fsp3) is 0.290. The van der Waals surface area contributed by atoms with E-state index in [1.54, 1.807) is 37.3 Å². The summed E-state index contributed by atoms with van der Waals surface area (Å²) in [7, 11) is -0.583. The molecule has 1 aliphatic carbocycles. The van der Waals surface area contributed by atoms with E-state index in [0.717, 1.165) is 47.7 Å². The van der Waals surface area contributed by atoms with Crippen molar-refractivity contribution in [1.29, 1.82) is 0 Å². The molecule has 230 valence electrons. The first kappa shape index (κ1) is 41.2. The van der Waals surface area contributed by atoms with Gasteiger partial charge in [-0.15, -0.1) is 0 Å². The molecule has 0 spiro atoms. The number of anilines is 1. The van der Waals surface area contributed by atoms with Gasteiger partial charge >= 0.3 is 81.6 Å². The average Bonchev–Trinajstić information content (AvgIpc) is 3.56. The van der Waals surface area contributed by atoms with E-state index >= 15 is 0 Å². The molecule has 3 aromatic carbocycles. The number of amides is 2. The van der Waals surface area contributed by atoms with Crippen molar-refractivity contribution >= 4 is 114 Å². The molecule has 1 aliphatic rings. The van der Waals surface area contributed by atoms with Crippen molar-refractivity contribution in [2.75, 3.05) is 12.4 Å².